The number of aromatic nitrogens is 1. The predicted molar refractivity (Wildman–Crippen MR) is 71.7 cm³/mol. The number of alkyl halides is 3. The Morgan fingerprint density at radius 2 is 2.05 bits per heavy atom. The zero-order chi connectivity index (χ0) is 15.6. The number of halogens is 3. The van der Waals surface area contributed by atoms with Crippen LogP contribution >= 0.6 is 0 Å². The van der Waals surface area contributed by atoms with Gasteiger partial charge in [0.05, 0.1) is 6.54 Å². The summed E-state index contributed by atoms with van der Waals surface area (Å²) in [6.45, 7) is 0.877. The van der Waals surface area contributed by atoms with Gasteiger partial charge < -0.3 is 15.0 Å². The quantitative estimate of drug-likeness (QED) is 0.907. The summed E-state index contributed by atoms with van der Waals surface area (Å²) >= 11 is 0. The molecule has 0 aliphatic carbocycles. The first-order valence-electron chi connectivity index (χ1n) is 6.35. The van der Waals surface area contributed by atoms with Crippen molar-refractivity contribution in [3.63, 3.8) is 0 Å². The Hall–Kier alpha value is -2.02. The first kappa shape index (κ1) is 15.4. The highest BCUT2D eigenvalue weighted by Gasteiger charge is 2.38. The Labute approximate surface area is 119 Å². The highest BCUT2D eigenvalue weighted by molar-refractivity contribution is 5.84. The molecule has 2 N–H and O–H groups in total. The van der Waals surface area contributed by atoms with Crippen LogP contribution in [0, 0.1) is 6.92 Å². The topological polar surface area (TPSA) is 54.3 Å². The van der Waals surface area contributed by atoms with Crippen molar-refractivity contribution in [2.24, 2.45) is 0 Å². The number of hydrogen-bond donors (Lipinski definition) is 2. The van der Waals surface area contributed by atoms with Gasteiger partial charge in [-0.2, -0.15) is 13.2 Å². The van der Waals surface area contributed by atoms with Gasteiger partial charge in [0.25, 0.3) is 0 Å². The number of fused-ring (bicyclic) bond motifs is 1. The Balaban J connectivity index is 2.04. The van der Waals surface area contributed by atoms with E-state index < -0.39 is 24.7 Å². The van der Waals surface area contributed by atoms with E-state index in [1.54, 1.807) is 4.57 Å². The molecule has 0 saturated carbocycles. The highest BCUT2D eigenvalue weighted by Crippen LogP contribution is 2.20. The first-order chi connectivity index (χ1) is 9.79. The van der Waals surface area contributed by atoms with Crippen LogP contribution in [0.4, 0.5) is 13.2 Å². The van der Waals surface area contributed by atoms with Gasteiger partial charge in [-0.05, 0) is 24.4 Å². The third-order valence-corrected chi connectivity index (χ3v) is 3.19. The summed E-state index contributed by atoms with van der Waals surface area (Å²) in [7, 11) is 0. The molecule has 1 aromatic heterocycles. The number of amides is 1. The fourth-order valence-corrected chi connectivity index (χ4v) is 2.08. The van der Waals surface area contributed by atoms with E-state index in [2.05, 4.69) is 5.32 Å². The second kappa shape index (κ2) is 5.77. The third kappa shape index (κ3) is 3.55. The number of nitrogens with zero attached hydrogens (tertiary/aromatic N) is 1. The fourth-order valence-electron chi connectivity index (χ4n) is 2.08. The van der Waals surface area contributed by atoms with Crippen molar-refractivity contribution in [3.05, 3.63) is 36.0 Å². The molecule has 1 heterocycles. The van der Waals surface area contributed by atoms with Crippen molar-refractivity contribution in [2.45, 2.75) is 25.7 Å². The van der Waals surface area contributed by atoms with E-state index >= 15 is 0 Å². The first-order valence-corrected chi connectivity index (χ1v) is 6.35. The molecule has 21 heavy (non-hydrogen) atoms. The minimum absolute atomic E-state index is 0.0933. The molecular formula is C14H15F3N2O2. The molecule has 2 rings (SSSR count). The van der Waals surface area contributed by atoms with Crippen molar-refractivity contribution in [3.8, 4) is 0 Å². The average molecular weight is 300 g/mol. The van der Waals surface area contributed by atoms with Gasteiger partial charge in [0.1, 0.15) is 6.54 Å². The number of para-hydroxylation sites is 1. The number of aliphatic hydroxyl groups excluding tert-OH is 1. The molecule has 4 nitrogen and oxygen atoms in total. The predicted octanol–water partition coefficient (Wildman–Crippen LogP) is 1.99. The lowest BCUT2D eigenvalue weighted by molar-refractivity contribution is -0.201. The van der Waals surface area contributed by atoms with E-state index in [9.17, 15) is 18.0 Å². The van der Waals surface area contributed by atoms with Crippen LogP contribution in [0.15, 0.2) is 30.3 Å². The van der Waals surface area contributed by atoms with Gasteiger partial charge in [-0.15, -0.1) is 0 Å². The molecule has 1 unspecified atom stereocenters. The molecule has 0 spiro atoms. The van der Waals surface area contributed by atoms with Gasteiger partial charge in [-0.25, -0.2) is 0 Å². The average Bonchev–Trinajstić information content (AvgIpc) is 2.71. The van der Waals surface area contributed by atoms with Gasteiger partial charge in [0, 0.05) is 11.2 Å². The minimum atomic E-state index is -4.73. The molecule has 0 bridgehead atoms. The standard InChI is InChI=1S/C14H15F3N2O2/c1-9-6-10-4-2-3-5-11(10)19(9)8-13(21)18-7-12(20)14(15,16)17/h2-6,12,20H,7-8H2,1H3,(H,18,21). The number of hydrogen-bond acceptors (Lipinski definition) is 2. The zero-order valence-corrected chi connectivity index (χ0v) is 11.3. The van der Waals surface area contributed by atoms with Crippen molar-refractivity contribution < 1.29 is 23.1 Å². The Morgan fingerprint density at radius 3 is 2.71 bits per heavy atom. The molecule has 7 heteroatoms. The van der Waals surface area contributed by atoms with Crippen LogP contribution in [0.1, 0.15) is 5.69 Å². The van der Waals surface area contributed by atoms with Crippen LogP contribution in [0.2, 0.25) is 0 Å². The van der Waals surface area contributed by atoms with Crippen molar-refractivity contribution >= 4 is 16.8 Å². The largest absolute Gasteiger partial charge is 0.416 e. The molecule has 0 radical (unpaired) electrons. The molecule has 0 fully saturated rings. The summed E-state index contributed by atoms with van der Waals surface area (Å²) in [4.78, 5) is 11.7. The molecule has 114 valence electrons. The Kier molecular flexibility index (Phi) is 4.22. The maximum Gasteiger partial charge on any atom is 0.416 e. The summed E-state index contributed by atoms with van der Waals surface area (Å²) in [6, 6.07) is 9.31. The number of aliphatic hydroxyl groups is 1. The number of benzene rings is 1. The molecule has 0 aliphatic heterocycles. The van der Waals surface area contributed by atoms with Crippen molar-refractivity contribution in [1.29, 1.82) is 0 Å². The van der Waals surface area contributed by atoms with Gasteiger partial charge in [0.2, 0.25) is 5.91 Å². The van der Waals surface area contributed by atoms with E-state index in [0.717, 1.165) is 16.6 Å². The highest BCUT2D eigenvalue weighted by atomic mass is 19.4. The number of rotatable bonds is 4. The number of carbonyl (C=O) groups excluding carboxylic acids is 1. The minimum Gasteiger partial charge on any atom is -0.382 e. The van der Waals surface area contributed by atoms with Crippen molar-refractivity contribution in [2.75, 3.05) is 6.54 Å². The molecule has 1 atom stereocenters. The van der Waals surface area contributed by atoms with E-state index in [-0.39, 0.29) is 6.54 Å². The molecule has 2 aromatic rings. The SMILES string of the molecule is Cc1cc2ccccc2n1CC(=O)NCC(O)C(F)(F)F. The van der Waals surface area contributed by atoms with Crippen molar-refractivity contribution in [1.82, 2.24) is 9.88 Å². The molecule has 1 amide bonds. The van der Waals surface area contributed by atoms with Gasteiger partial charge in [-0.1, -0.05) is 18.2 Å². The van der Waals surface area contributed by atoms with E-state index in [1.165, 1.54) is 0 Å². The van der Waals surface area contributed by atoms with Gasteiger partial charge >= 0.3 is 6.18 Å². The summed E-state index contributed by atoms with van der Waals surface area (Å²) in [6.07, 6.45) is -7.28. The number of nitrogens with one attached hydrogen (secondary N) is 1. The van der Waals surface area contributed by atoms with E-state index in [4.69, 9.17) is 5.11 Å². The zero-order valence-electron chi connectivity index (χ0n) is 11.3. The fraction of sp³-hybridized carbons (Fsp3) is 0.357. The summed E-state index contributed by atoms with van der Waals surface area (Å²) in [5.74, 6) is -0.581. The van der Waals surface area contributed by atoms with Gasteiger partial charge in [0.15, 0.2) is 6.10 Å². The van der Waals surface area contributed by atoms with Crippen LogP contribution in [-0.2, 0) is 11.3 Å². The van der Waals surface area contributed by atoms with E-state index in [1.807, 2.05) is 37.3 Å². The lowest BCUT2D eigenvalue weighted by Crippen LogP contribution is -2.41. The maximum absolute atomic E-state index is 12.1. The number of carbonyl (C=O) groups is 1. The Morgan fingerprint density at radius 1 is 1.38 bits per heavy atom. The molecule has 0 saturated heterocycles. The van der Waals surface area contributed by atoms with Crippen LogP contribution < -0.4 is 5.32 Å². The van der Waals surface area contributed by atoms with Crippen LogP contribution in [-0.4, -0.2) is 34.4 Å². The summed E-state index contributed by atoms with van der Waals surface area (Å²) in [5.41, 5.74) is 1.67. The lowest BCUT2D eigenvalue weighted by Gasteiger charge is -2.15. The van der Waals surface area contributed by atoms with Crippen LogP contribution in [0.3, 0.4) is 0 Å². The smallest absolute Gasteiger partial charge is 0.382 e. The third-order valence-electron chi connectivity index (χ3n) is 3.19. The lowest BCUT2D eigenvalue weighted by atomic mass is 10.2. The second-order valence-electron chi connectivity index (χ2n) is 4.79. The van der Waals surface area contributed by atoms with Crippen LogP contribution in [0.25, 0.3) is 10.9 Å². The maximum atomic E-state index is 12.1. The molecule has 1 aromatic carbocycles. The van der Waals surface area contributed by atoms with Gasteiger partial charge in [-0.3, -0.25) is 4.79 Å². The summed E-state index contributed by atoms with van der Waals surface area (Å²) < 4.78 is 38.1. The van der Waals surface area contributed by atoms with Crippen LogP contribution in [0.5, 0.6) is 0 Å². The van der Waals surface area contributed by atoms with E-state index in [0.29, 0.717) is 0 Å². The normalized spacial score (nSPS) is 13.4. The second-order valence-corrected chi connectivity index (χ2v) is 4.79. The molecular weight excluding hydrogens is 285 g/mol. The number of aryl methyl sites for hydroxylation is 1. The Bertz CT molecular complexity index is 649. The summed E-state index contributed by atoms with van der Waals surface area (Å²) in [5, 5.41) is 11.9. The molecule has 0 aliphatic rings. The monoisotopic (exact) mass is 300 g/mol.